The quantitative estimate of drug-likeness (QED) is 0.473. The van der Waals surface area contributed by atoms with E-state index in [1.165, 1.54) is 33.8 Å². The number of hydrogen-bond donors (Lipinski definition) is 1. The van der Waals surface area contributed by atoms with Gasteiger partial charge in [0.1, 0.15) is 10.7 Å². The number of rotatable bonds is 4. The van der Waals surface area contributed by atoms with Gasteiger partial charge in [-0.05, 0) is 36.4 Å². The minimum absolute atomic E-state index is 0.166. The number of fused-ring (bicyclic) bond motifs is 3. The van der Waals surface area contributed by atoms with Gasteiger partial charge in [-0.2, -0.15) is 4.31 Å². The smallest absolute Gasteiger partial charge is 0.245 e. The summed E-state index contributed by atoms with van der Waals surface area (Å²) in [4.78, 5) is 17.1. The minimum Gasteiger partial charge on any atom is -0.302 e. The summed E-state index contributed by atoms with van der Waals surface area (Å²) in [5.41, 5.74) is 0.856. The Bertz CT molecular complexity index is 1430. The zero-order chi connectivity index (χ0) is 22.3. The van der Waals surface area contributed by atoms with Gasteiger partial charge in [0.15, 0.2) is 5.13 Å². The summed E-state index contributed by atoms with van der Waals surface area (Å²) < 4.78 is 41.8. The lowest BCUT2D eigenvalue weighted by molar-refractivity contribution is -0.120. The molecule has 0 bridgehead atoms. The molecule has 5 rings (SSSR count). The first-order valence-corrected chi connectivity index (χ1v) is 12.5. The van der Waals surface area contributed by atoms with Crippen molar-refractivity contribution in [1.82, 2.24) is 9.29 Å². The van der Waals surface area contributed by atoms with Crippen molar-refractivity contribution in [1.29, 1.82) is 0 Å². The Morgan fingerprint density at radius 1 is 1.03 bits per heavy atom. The Balaban J connectivity index is 1.28. The van der Waals surface area contributed by atoms with Crippen molar-refractivity contribution in [3.63, 3.8) is 0 Å². The molecule has 1 aromatic heterocycles. The molecule has 0 saturated carbocycles. The van der Waals surface area contributed by atoms with E-state index in [2.05, 4.69) is 10.3 Å². The molecule has 6 nitrogen and oxygen atoms in total. The fourth-order valence-corrected chi connectivity index (χ4v) is 6.49. The normalized spacial score (nSPS) is 15.9. The van der Waals surface area contributed by atoms with Crippen LogP contribution in [0.5, 0.6) is 0 Å². The fraction of sp³-hybridized carbons (Fsp3) is 0.217. The van der Waals surface area contributed by atoms with Gasteiger partial charge >= 0.3 is 0 Å². The number of nitrogens with one attached hydrogen (secondary N) is 1. The van der Waals surface area contributed by atoms with Gasteiger partial charge in [-0.25, -0.2) is 17.8 Å². The molecule has 0 spiro atoms. The Kier molecular flexibility index (Phi) is 5.40. The third kappa shape index (κ3) is 3.76. The molecule has 0 radical (unpaired) electrons. The third-order valence-corrected chi connectivity index (χ3v) is 8.66. The Morgan fingerprint density at radius 3 is 2.53 bits per heavy atom. The van der Waals surface area contributed by atoms with E-state index in [1.807, 2.05) is 36.4 Å². The summed E-state index contributed by atoms with van der Waals surface area (Å²) in [6.45, 7) is 0.332. The molecule has 0 unspecified atom stereocenters. The monoisotopic (exact) mass is 469 g/mol. The first-order valence-electron chi connectivity index (χ1n) is 10.3. The van der Waals surface area contributed by atoms with Crippen LogP contribution in [0.15, 0.2) is 65.6 Å². The zero-order valence-corrected chi connectivity index (χ0v) is 18.6. The van der Waals surface area contributed by atoms with Crippen LogP contribution in [0.4, 0.5) is 9.52 Å². The van der Waals surface area contributed by atoms with Crippen LogP contribution in [-0.2, 0) is 14.8 Å². The fourth-order valence-electron chi connectivity index (χ4n) is 4.07. The Morgan fingerprint density at radius 2 is 1.75 bits per heavy atom. The van der Waals surface area contributed by atoms with Gasteiger partial charge < -0.3 is 5.32 Å². The van der Waals surface area contributed by atoms with Crippen LogP contribution >= 0.6 is 11.3 Å². The number of sulfonamides is 1. The van der Waals surface area contributed by atoms with Crippen LogP contribution < -0.4 is 5.32 Å². The number of halogens is 1. The van der Waals surface area contributed by atoms with Crippen molar-refractivity contribution < 1.29 is 17.6 Å². The predicted molar refractivity (Wildman–Crippen MR) is 124 cm³/mol. The molecule has 9 heteroatoms. The second kappa shape index (κ2) is 8.23. The molecule has 32 heavy (non-hydrogen) atoms. The van der Waals surface area contributed by atoms with Crippen molar-refractivity contribution in [2.24, 2.45) is 5.92 Å². The second-order valence-electron chi connectivity index (χ2n) is 7.75. The van der Waals surface area contributed by atoms with Gasteiger partial charge in [-0.1, -0.05) is 53.8 Å². The highest BCUT2D eigenvalue weighted by Gasteiger charge is 2.33. The molecular weight excluding hydrogens is 449 g/mol. The van der Waals surface area contributed by atoms with Gasteiger partial charge in [-0.15, -0.1) is 0 Å². The lowest BCUT2D eigenvalue weighted by atomic mass is 9.97. The minimum atomic E-state index is -3.92. The average Bonchev–Trinajstić information content (AvgIpc) is 3.22. The Hall–Kier alpha value is -2.88. The number of carbonyl (C=O) groups is 1. The molecule has 1 saturated heterocycles. The van der Waals surface area contributed by atoms with Crippen LogP contribution in [0.3, 0.4) is 0 Å². The third-order valence-electron chi connectivity index (χ3n) is 5.79. The molecule has 1 fully saturated rings. The van der Waals surface area contributed by atoms with Crippen LogP contribution in [0.25, 0.3) is 21.0 Å². The topological polar surface area (TPSA) is 79.4 Å². The second-order valence-corrected chi connectivity index (χ2v) is 10.7. The van der Waals surface area contributed by atoms with Gasteiger partial charge in [0.2, 0.25) is 15.9 Å². The van der Waals surface area contributed by atoms with E-state index in [4.69, 9.17) is 0 Å². The average molecular weight is 470 g/mol. The summed E-state index contributed by atoms with van der Waals surface area (Å²) in [5, 5.41) is 5.56. The van der Waals surface area contributed by atoms with Crippen LogP contribution in [-0.4, -0.2) is 36.7 Å². The molecule has 0 aliphatic carbocycles. The van der Waals surface area contributed by atoms with Crippen LogP contribution in [0.2, 0.25) is 0 Å². The summed E-state index contributed by atoms with van der Waals surface area (Å²) >= 11 is 1.42. The van der Waals surface area contributed by atoms with E-state index in [0.29, 0.717) is 18.0 Å². The standard InChI is InChI=1S/C23H20FN3O3S2/c24-18-7-3-4-8-20(18)32(29,30)27-13-11-16(12-14-27)22(28)26-23-25-21-17-6-2-1-5-15(17)9-10-19(21)31-23/h1-10,16H,11-14H2,(H,25,26,28). The van der Waals surface area contributed by atoms with Gasteiger partial charge in [-0.3, -0.25) is 4.79 Å². The largest absolute Gasteiger partial charge is 0.302 e. The van der Waals surface area contributed by atoms with Crippen molar-refractivity contribution in [2.75, 3.05) is 18.4 Å². The number of nitrogens with zero attached hydrogens (tertiary/aromatic N) is 2. The van der Waals surface area contributed by atoms with E-state index in [9.17, 15) is 17.6 Å². The van der Waals surface area contributed by atoms with Gasteiger partial charge in [0.25, 0.3) is 0 Å². The van der Waals surface area contributed by atoms with Gasteiger partial charge in [0, 0.05) is 24.4 Å². The summed E-state index contributed by atoms with van der Waals surface area (Å²) in [7, 11) is -3.92. The van der Waals surface area contributed by atoms with Crippen molar-refractivity contribution in [3.05, 3.63) is 66.5 Å². The number of hydrogen-bond acceptors (Lipinski definition) is 5. The number of amides is 1. The van der Waals surface area contributed by atoms with Crippen LogP contribution in [0.1, 0.15) is 12.8 Å². The van der Waals surface area contributed by atoms with Crippen molar-refractivity contribution in [3.8, 4) is 0 Å². The van der Waals surface area contributed by atoms with Crippen molar-refractivity contribution >= 4 is 53.4 Å². The predicted octanol–water partition coefficient (Wildman–Crippen LogP) is 4.63. The number of carbonyl (C=O) groups excluding carboxylic acids is 1. The van der Waals surface area contributed by atoms with Gasteiger partial charge in [0.05, 0.1) is 10.2 Å². The molecule has 1 aliphatic heterocycles. The number of anilines is 1. The Labute approximate surface area is 188 Å². The first kappa shape index (κ1) is 21.0. The molecular formula is C23H20FN3O3S2. The molecule has 2 heterocycles. The summed E-state index contributed by atoms with van der Waals surface area (Å²) in [5.74, 6) is -1.27. The van der Waals surface area contributed by atoms with E-state index in [1.54, 1.807) is 0 Å². The molecule has 1 aliphatic rings. The maximum atomic E-state index is 14.0. The maximum absolute atomic E-state index is 14.0. The lowest BCUT2D eigenvalue weighted by Gasteiger charge is -2.30. The van der Waals surface area contributed by atoms with Crippen LogP contribution in [0, 0.1) is 11.7 Å². The number of benzene rings is 3. The SMILES string of the molecule is O=C(Nc1nc2c(ccc3ccccc32)s1)C1CCN(S(=O)(=O)c2ccccc2F)CC1. The molecule has 4 aromatic rings. The summed E-state index contributed by atoms with van der Waals surface area (Å²) in [6.07, 6.45) is 0.737. The molecule has 1 N–H and O–H groups in total. The van der Waals surface area contributed by atoms with E-state index < -0.39 is 15.8 Å². The highest BCUT2D eigenvalue weighted by atomic mass is 32.2. The summed E-state index contributed by atoms with van der Waals surface area (Å²) in [6, 6.07) is 17.3. The van der Waals surface area contributed by atoms with E-state index in [-0.39, 0.29) is 29.8 Å². The highest BCUT2D eigenvalue weighted by molar-refractivity contribution is 7.89. The van der Waals surface area contributed by atoms with E-state index >= 15 is 0 Å². The number of aromatic nitrogens is 1. The molecule has 164 valence electrons. The molecule has 1 amide bonds. The highest BCUT2D eigenvalue weighted by Crippen LogP contribution is 2.32. The first-order chi connectivity index (χ1) is 15.4. The number of thiazole rings is 1. The maximum Gasteiger partial charge on any atom is 0.245 e. The zero-order valence-electron chi connectivity index (χ0n) is 17.0. The van der Waals surface area contributed by atoms with E-state index in [0.717, 1.165) is 27.1 Å². The molecule has 0 atom stereocenters. The number of piperidine rings is 1. The lowest BCUT2D eigenvalue weighted by Crippen LogP contribution is -2.41. The van der Waals surface area contributed by atoms with Crippen molar-refractivity contribution in [2.45, 2.75) is 17.7 Å². The molecule has 3 aromatic carbocycles.